The van der Waals surface area contributed by atoms with Crippen LogP contribution in [0.25, 0.3) is 0 Å². The van der Waals surface area contributed by atoms with E-state index in [0.29, 0.717) is 10.6 Å². The molecule has 0 aliphatic heterocycles. The summed E-state index contributed by atoms with van der Waals surface area (Å²) in [7, 11) is 0. The fraction of sp³-hybridized carbons (Fsp3) is 0.696. The molecule has 0 spiro atoms. The maximum absolute atomic E-state index is 13.3. The van der Waals surface area contributed by atoms with Crippen LogP contribution in [0.1, 0.15) is 79.1 Å². The summed E-state index contributed by atoms with van der Waals surface area (Å²) in [6.45, 7) is 4.00. The number of carboxylic acids is 1. The third kappa shape index (κ3) is 3.88. The lowest BCUT2D eigenvalue weighted by molar-refractivity contribution is -0.156. The Morgan fingerprint density at radius 2 is 1.60 bits per heavy atom. The standard InChI is InChI=1S/C23H32N2O4S/c1-3-16-12(2)30-22(19(16)21(27)24-15-6-4-5-7-15)25-20(26)17-13-8-10-14(11-9-13)18(17)23(28)29/h13-15,17-18H,3-11H2,1-2H3,(H,24,27)(H,25,26)(H,28,29)/t13?,14?,17-,18+/m0/s1. The smallest absolute Gasteiger partial charge is 0.307 e. The maximum atomic E-state index is 13.3. The Morgan fingerprint density at radius 3 is 2.17 bits per heavy atom. The van der Waals surface area contributed by atoms with E-state index in [2.05, 4.69) is 10.6 Å². The summed E-state index contributed by atoms with van der Waals surface area (Å²) in [5.74, 6) is -2.11. The molecule has 6 nitrogen and oxygen atoms in total. The van der Waals surface area contributed by atoms with Crippen molar-refractivity contribution >= 4 is 34.1 Å². The fourth-order valence-corrected chi connectivity index (χ4v) is 7.18. The van der Waals surface area contributed by atoms with Crippen LogP contribution < -0.4 is 10.6 Å². The van der Waals surface area contributed by atoms with Gasteiger partial charge in [-0.25, -0.2) is 0 Å². The number of amides is 2. The van der Waals surface area contributed by atoms with E-state index in [1.54, 1.807) is 0 Å². The van der Waals surface area contributed by atoms with Crippen molar-refractivity contribution in [3.05, 3.63) is 16.0 Å². The molecule has 4 aliphatic rings. The van der Waals surface area contributed by atoms with Crippen LogP contribution in [0.2, 0.25) is 0 Å². The first kappa shape index (κ1) is 21.3. The van der Waals surface area contributed by atoms with Crippen LogP contribution >= 0.6 is 11.3 Å². The first-order valence-electron chi connectivity index (χ1n) is 11.4. The molecule has 2 atom stereocenters. The van der Waals surface area contributed by atoms with Gasteiger partial charge in [0.25, 0.3) is 5.91 Å². The van der Waals surface area contributed by atoms with Crippen LogP contribution in [0.4, 0.5) is 5.00 Å². The Kier molecular flexibility index (Phi) is 6.19. The van der Waals surface area contributed by atoms with Gasteiger partial charge in [-0.15, -0.1) is 11.3 Å². The average molecular weight is 433 g/mol. The zero-order chi connectivity index (χ0) is 21.4. The molecule has 0 radical (unpaired) electrons. The van der Waals surface area contributed by atoms with Gasteiger partial charge in [0.1, 0.15) is 5.00 Å². The Labute approximate surface area is 181 Å². The number of hydrogen-bond acceptors (Lipinski definition) is 4. The van der Waals surface area contributed by atoms with E-state index in [9.17, 15) is 19.5 Å². The number of rotatable bonds is 6. The monoisotopic (exact) mass is 432 g/mol. The van der Waals surface area contributed by atoms with E-state index in [1.165, 1.54) is 11.3 Å². The summed E-state index contributed by atoms with van der Waals surface area (Å²) in [6.07, 6.45) is 8.65. The highest BCUT2D eigenvalue weighted by molar-refractivity contribution is 7.16. The van der Waals surface area contributed by atoms with Crippen molar-refractivity contribution in [2.24, 2.45) is 23.7 Å². The zero-order valence-corrected chi connectivity index (χ0v) is 18.6. The lowest BCUT2D eigenvalue weighted by Crippen LogP contribution is -2.49. The van der Waals surface area contributed by atoms with Gasteiger partial charge in [-0.05, 0) is 69.3 Å². The van der Waals surface area contributed by atoms with Gasteiger partial charge in [-0.3, -0.25) is 14.4 Å². The molecular weight excluding hydrogens is 400 g/mol. The Morgan fingerprint density at radius 1 is 1.00 bits per heavy atom. The first-order chi connectivity index (χ1) is 14.4. The van der Waals surface area contributed by atoms with Gasteiger partial charge in [0, 0.05) is 10.9 Å². The van der Waals surface area contributed by atoms with Gasteiger partial charge in [0.15, 0.2) is 0 Å². The number of carboxylic acid groups (broad SMARTS) is 1. The molecule has 4 saturated carbocycles. The molecule has 1 aromatic heterocycles. The third-order valence-electron chi connectivity index (χ3n) is 7.52. The minimum atomic E-state index is -0.861. The van der Waals surface area contributed by atoms with Crippen molar-refractivity contribution in [1.29, 1.82) is 0 Å². The third-order valence-corrected chi connectivity index (χ3v) is 8.59. The van der Waals surface area contributed by atoms with Gasteiger partial charge in [-0.2, -0.15) is 0 Å². The zero-order valence-electron chi connectivity index (χ0n) is 17.8. The molecule has 1 heterocycles. The molecule has 164 valence electrons. The van der Waals surface area contributed by atoms with Gasteiger partial charge in [0.2, 0.25) is 5.91 Å². The number of carbonyl (C=O) groups excluding carboxylic acids is 2. The minimum Gasteiger partial charge on any atom is -0.481 e. The maximum Gasteiger partial charge on any atom is 0.307 e. The molecule has 30 heavy (non-hydrogen) atoms. The van der Waals surface area contributed by atoms with Gasteiger partial charge < -0.3 is 15.7 Å². The SMILES string of the molecule is CCc1c(C)sc(NC(=O)[C@H]2C3CCC(CC3)[C@H]2C(=O)O)c1C(=O)NC1CCCC1. The Hall–Kier alpha value is -1.89. The molecule has 0 saturated heterocycles. The van der Waals surface area contributed by atoms with E-state index in [4.69, 9.17) is 0 Å². The van der Waals surface area contributed by atoms with E-state index < -0.39 is 17.8 Å². The molecule has 0 aromatic carbocycles. The fourth-order valence-electron chi connectivity index (χ4n) is 6.04. The summed E-state index contributed by atoms with van der Waals surface area (Å²) >= 11 is 1.43. The Bertz CT molecular complexity index is 835. The van der Waals surface area contributed by atoms with Crippen LogP contribution in [0.3, 0.4) is 0 Å². The largest absolute Gasteiger partial charge is 0.481 e. The number of hydrogen-bond donors (Lipinski definition) is 3. The van der Waals surface area contributed by atoms with Crippen molar-refractivity contribution in [2.75, 3.05) is 5.32 Å². The van der Waals surface area contributed by atoms with E-state index in [0.717, 1.165) is 68.2 Å². The van der Waals surface area contributed by atoms with Crippen molar-refractivity contribution in [3.63, 3.8) is 0 Å². The number of fused-ring (bicyclic) bond motifs is 3. The van der Waals surface area contributed by atoms with Gasteiger partial charge >= 0.3 is 5.97 Å². The molecule has 7 heteroatoms. The second-order valence-corrected chi connectivity index (χ2v) is 10.4. The molecule has 3 N–H and O–H groups in total. The molecule has 2 amide bonds. The highest BCUT2D eigenvalue weighted by atomic mass is 32.1. The summed E-state index contributed by atoms with van der Waals surface area (Å²) < 4.78 is 0. The number of aryl methyl sites for hydroxylation is 1. The molecule has 1 aromatic rings. The van der Waals surface area contributed by atoms with E-state index in [-0.39, 0.29) is 29.7 Å². The minimum absolute atomic E-state index is 0.0876. The first-order valence-corrected chi connectivity index (χ1v) is 12.2. The summed E-state index contributed by atoms with van der Waals surface area (Å²) in [5.41, 5.74) is 1.55. The molecule has 4 fully saturated rings. The summed E-state index contributed by atoms with van der Waals surface area (Å²) in [4.78, 5) is 39.4. The lowest BCUT2D eigenvalue weighted by Gasteiger charge is -2.45. The number of thiophene rings is 1. The lowest BCUT2D eigenvalue weighted by atomic mass is 9.58. The number of nitrogens with one attached hydrogen (secondary N) is 2. The van der Waals surface area contributed by atoms with Crippen molar-refractivity contribution < 1.29 is 19.5 Å². The number of aliphatic carboxylic acids is 1. The van der Waals surface area contributed by atoms with Gasteiger partial charge in [0.05, 0.1) is 17.4 Å². The second-order valence-electron chi connectivity index (χ2n) is 9.20. The van der Waals surface area contributed by atoms with Gasteiger partial charge in [-0.1, -0.05) is 19.8 Å². The van der Waals surface area contributed by atoms with Crippen LogP contribution in [-0.4, -0.2) is 28.9 Å². The molecule has 2 bridgehead atoms. The van der Waals surface area contributed by atoms with Crippen LogP contribution in [0, 0.1) is 30.6 Å². The average Bonchev–Trinajstić information content (AvgIpc) is 3.34. The van der Waals surface area contributed by atoms with Crippen LogP contribution in [-0.2, 0) is 16.0 Å². The van der Waals surface area contributed by atoms with E-state index in [1.807, 2.05) is 13.8 Å². The van der Waals surface area contributed by atoms with Crippen molar-refractivity contribution in [3.8, 4) is 0 Å². The normalized spacial score (nSPS) is 28.5. The molecule has 5 rings (SSSR count). The van der Waals surface area contributed by atoms with Crippen molar-refractivity contribution in [1.82, 2.24) is 5.32 Å². The highest BCUT2D eigenvalue weighted by Crippen LogP contribution is 2.49. The number of carbonyl (C=O) groups is 3. The summed E-state index contributed by atoms with van der Waals surface area (Å²) in [6, 6.07) is 0.205. The summed E-state index contributed by atoms with van der Waals surface area (Å²) in [5, 5.41) is 16.5. The molecular formula is C23H32N2O4S. The topological polar surface area (TPSA) is 95.5 Å². The second kappa shape index (κ2) is 8.69. The van der Waals surface area contributed by atoms with Crippen LogP contribution in [0.5, 0.6) is 0 Å². The highest BCUT2D eigenvalue weighted by Gasteiger charge is 2.50. The predicted octanol–water partition coefficient (Wildman–Crippen LogP) is 4.37. The molecule has 0 unspecified atom stereocenters. The predicted molar refractivity (Wildman–Crippen MR) is 117 cm³/mol. The molecule has 4 aliphatic carbocycles. The number of anilines is 1. The van der Waals surface area contributed by atoms with E-state index >= 15 is 0 Å². The quantitative estimate of drug-likeness (QED) is 0.622. The van der Waals surface area contributed by atoms with Crippen LogP contribution in [0.15, 0.2) is 0 Å². The Balaban J connectivity index is 1.58. The van der Waals surface area contributed by atoms with Crippen molar-refractivity contribution in [2.45, 2.75) is 77.7 Å².